The molecule has 0 aliphatic heterocycles. The molecule has 1 aliphatic rings. The van der Waals surface area contributed by atoms with Crippen LogP contribution in [0.5, 0.6) is 0 Å². The predicted octanol–water partition coefficient (Wildman–Crippen LogP) is 0.450. The second kappa shape index (κ2) is 10.2. The number of nitrogens with one attached hydrogen (secondary N) is 1. The van der Waals surface area contributed by atoms with Gasteiger partial charge in [0.05, 0.1) is 19.6 Å². The fraction of sp³-hybridized carbons (Fsp3) is 0.778. The molecule has 0 aromatic heterocycles. The Kier molecular flexibility index (Phi) is 8.68. The largest absolute Gasteiger partial charge is 0.481 e. The number of amides is 1. The van der Waals surface area contributed by atoms with Gasteiger partial charge in [0, 0.05) is 0 Å². The number of aliphatic carboxylic acids is 1. The van der Waals surface area contributed by atoms with Gasteiger partial charge in [-0.25, -0.2) is 9.59 Å². The molecule has 1 aliphatic carbocycles. The van der Waals surface area contributed by atoms with Gasteiger partial charge in [-0.1, -0.05) is 27.2 Å². The van der Waals surface area contributed by atoms with Crippen LogP contribution in [0.1, 0.15) is 46.5 Å². The van der Waals surface area contributed by atoms with Crippen molar-refractivity contribution in [2.24, 2.45) is 23.5 Å². The van der Waals surface area contributed by atoms with Crippen LogP contribution in [0.25, 0.3) is 0 Å². The third-order valence-electron chi connectivity index (χ3n) is 4.92. The Bertz CT molecular complexity index is 564. The van der Waals surface area contributed by atoms with Crippen molar-refractivity contribution in [3.63, 3.8) is 0 Å². The van der Waals surface area contributed by atoms with Crippen molar-refractivity contribution >= 4 is 23.8 Å². The molecular formula is C18H30N2O7. The van der Waals surface area contributed by atoms with E-state index >= 15 is 0 Å². The first-order valence-corrected chi connectivity index (χ1v) is 9.12. The van der Waals surface area contributed by atoms with E-state index < -0.39 is 42.3 Å². The molecule has 9 nitrogen and oxygen atoms in total. The summed E-state index contributed by atoms with van der Waals surface area (Å²) in [4.78, 5) is 47.2. The fourth-order valence-electron chi connectivity index (χ4n) is 3.33. The van der Waals surface area contributed by atoms with Crippen molar-refractivity contribution in [1.82, 2.24) is 5.32 Å². The van der Waals surface area contributed by atoms with E-state index in [1.165, 1.54) is 0 Å². The number of carboxylic acid groups (broad SMARTS) is 1. The summed E-state index contributed by atoms with van der Waals surface area (Å²) in [7, 11) is 1.07. The lowest BCUT2D eigenvalue weighted by Crippen LogP contribution is -2.54. The number of nitrogens with two attached hydrogens (primary N) is 1. The number of hydrogen-bond donors (Lipinski definition) is 3. The highest BCUT2D eigenvalue weighted by atomic mass is 16.6. The quantitative estimate of drug-likeness (QED) is 0.403. The number of carbonyl (C=O) groups is 4. The minimum absolute atomic E-state index is 0.161. The van der Waals surface area contributed by atoms with E-state index in [0.29, 0.717) is 18.3 Å². The van der Waals surface area contributed by atoms with Gasteiger partial charge >= 0.3 is 17.9 Å². The van der Waals surface area contributed by atoms with Crippen LogP contribution in [0.2, 0.25) is 0 Å². The van der Waals surface area contributed by atoms with Crippen LogP contribution in [-0.4, -0.2) is 54.2 Å². The molecule has 1 saturated carbocycles. The monoisotopic (exact) mass is 386 g/mol. The average Bonchev–Trinajstić information content (AvgIpc) is 2.57. The second-order valence-electron chi connectivity index (χ2n) is 7.47. The molecule has 1 amide bonds. The molecule has 5 unspecified atom stereocenters. The van der Waals surface area contributed by atoms with Crippen LogP contribution in [0.4, 0.5) is 0 Å². The summed E-state index contributed by atoms with van der Waals surface area (Å²) in [5.74, 6) is -3.30. The van der Waals surface area contributed by atoms with Crippen LogP contribution in [-0.2, 0) is 28.7 Å². The highest BCUT2D eigenvalue weighted by Gasteiger charge is 2.38. The zero-order chi connectivity index (χ0) is 20.7. The molecule has 0 bridgehead atoms. The molecule has 0 radical (unpaired) electrons. The third-order valence-corrected chi connectivity index (χ3v) is 4.92. The van der Waals surface area contributed by atoms with Gasteiger partial charge in [0.15, 0.2) is 0 Å². The second-order valence-corrected chi connectivity index (χ2v) is 7.47. The van der Waals surface area contributed by atoms with Crippen LogP contribution >= 0.6 is 0 Å². The van der Waals surface area contributed by atoms with E-state index in [0.717, 1.165) is 20.0 Å². The molecule has 0 saturated heterocycles. The predicted molar refractivity (Wildman–Crippen MR) is 95.4 cm³/mol. The Morgan fingerprint density at radius 2 is 1.81 bits per heavy atom. The normalized spacial score (nSPS) is 24.6. The lowest BCUT2D eigenvalue weighted by molar-refractivity contribution is -0.166. The van der Waals surface area contributed by atoms with Crippen molar-refractivity contribution in [2.75, 3.05) is 7.11 Å². The number of ether oxygens (including phenoxy) is 2. The van der Waals surface area contributed by atoms with Crippen molar-refractivity contribution in [3.05, 3.63) is 0 Å². The summed E-state index contributed by atoms with van der Waals surface area (Å²) in [6, 6.07) is -3.09. The summed E-state index contributed by atoms with van der Waals surface area (Å²) in [5, 5.41) is 10.9. The molecule has 1 fully saturated rings. The van der Waals surface area contributed by atoms with Crippen LogP contribution < -0.4 is 11.1 Å². The van der Waals surface area contributed by atoms with Gasteiger partial charge in [0.1, 0.15) is 6.10 Å². The maximum atomic E-state index is 12.6. The third kappa shape index (κ3) is 6.82. The lowest BCUT2D eigenvalue weighted by Gasteiger charge is -2.37. The topological polar surface area (TPSA) is 145 Å². The molecule has 154 valence electrons. The van der Waals surface area contributed by atoms with E-state index in [9.17, 15) is 19.2 Å². The molecule has 1 rings (SSSR count). The number of hydrogen-bond acceptors (Lipinski definition) is 7. The van der Waals surface area contributed by atoms with Gasteiger partial charge in [-0.2, -0.15) is 0 Å². The molecule has 27 heavy (non-hydrogen) atoms. The molecule has 0 heterocycles. The van der Waals surface area contributed by atoms with E-state index in [1.54, 1.807) is 0 Å². The lowest BCUT2D eigenvalue weighted by atomic mass is 9.75. The van der Waals surface area contributed by atoms with Crippen LogP contribution in [0.3, 0.4) is 0 Å². The summed E-state index contributed by atoms with van der Waals surface area (Å²) in [6.45, 7) is 6.17. The van der Waals surface area contributed by atoms with Crippen molar-refractivity contribution in [2.45, 2.75) is 64.6 Å². The fourth-order valence-corrected chi connectivity index (χ4v) is 3.33. The maximum Gasteiger partial charge on any atom is 0.340 e. The van der Waals surface area contributed by atoms with Gasteiger partial charge in [-0.3, -0.25) is 9.59 Å². The first-order valence-electron chi connectivity index (χ1n) is 9.12. The van der Waals surface area contributed by atoms with E-state index in [1.807, 2.05) is 13.8 Å². The van der Waals surface area contributed by atoms with Gasteiger partial charge in [0.25, 0.3) is 0 Å². The van der Waals surface area contributed by atoms with Crippen molar-refractivity contribution in [1.29, 1.82) is 0 Å². The van der Waals surface area contributed by atoms with Crippen LogP contribution in [0, 0.1) is 17.8 Å². The Morgan fingerprint density at radius 1 is 1.19 bits per heavy atom. The highest BCUT2D eigenvalue weighted by molar-refractivity contribution is 6.03. The Morgan fingerprint density at radius 3 is 2.33 bits per heavy atom. The number of esters is 2. The summed E-state index contributed by atoms with van der Waals surface area (Å²) >= 11 is 0. The van der Waals surface area contributed by atoms with E-state index in [4.69, 9.17) is 15.6 Å². The van der Waals surface area contributed by atoms with E-state index in [-0.39, 0.29) is 12.0 Å². The van der Waals surface area contributed by atoms with E-state index in [2.05, 4.69) is 17.0 Å². The smallest absolute Gasteiger partial charge is 0.340 e. The summed E-state index contributed by atoms with van der Waals surface area (Å²) in [6.07, 6.45) is 1.63. The molecule has 0 aromatic rings. The Balaban J connectivity index is 2.86. The molecular weight excluding hydrogens is 356 g/mol. The molecule has 0 aromatic carbocycles. The zero-order valence-corrected chi connectivity index (χ0v) is 16.3. The number of carboxylic acids is 1. The first-order chi connectivity index (χ1) is 12.6. The van der Waals surface area contributed by atoms with Crippen molar-refractivity contribution < 1.29 is 33.8 Å². The first kappa shape index (κ1) is 22.9. The average molecular weight is 386 g/mol. The Labute approximate surface area is 158 Å². The standard InChI is InChI=1S/C18H30N2O7/c1-9(2)11-6-5-10(3)7-13(11)27-18(25)15(17(24)26-4)20-16(23)12(19)8-14(21)22/h9-13,15H,5-8,19H2,1-4H3,(H,20,23)(H,21,22). The van der Waals surface area contributed by atoms with Crippen molar-refractivity contribution in [3.8, 4) is 0 Å². The highest BCUT2D eigenvalue weighted by Crippen LogP contribution is 2.35. The number of rotatable bonds is 8. The number of carbonyl (C=O) groups excluding carboxylic acids is 3. The molecule has 9 heteroatoms. The van der Waals surface area contributed by atoms with Crippen LogP contribution in [0.15, 0.2) is 0 Å². The van der Waals surface area contributed by atoms with Gasteiger partial charge in [0.2, 0.25) is 11.9 Å². The molecule has 5 atom stereocenters. The molecule has 4 N–H and O–H groups in total. The Hall–Kier alpha value is -2.16. The number of methoxy groups -OCH3 is 1. The summed E-state index contributed by atoms with van der Waals surface area (Å²) in [5.41, 5.74) is 5.48. The zero-order valence-electron chi connectivity index (χ0n) is 16.3. The minimum Gasteiger partial charge on any atom is -0.481 e. The SMILES string of the molecule is COC(=O)C(NC(=O)C(N)CC(=O)O)C(=O)OC1CC(C)CCC1C(C)C. The molecule has 0 spiro atoms. The van der Waals surface area contributed by atoms with Gasteiger partial charge in [-0.15, -0.1) is 0 Å². The summed E-state index contributed by atoms with van der Waals surface area (Å²) < 4.78 is 10.1. The van der Waals surface area contributed by atoms with Gasteiger partial charge < -0.3 is 25.6 Å². The minimum atomic E-state index is -1.69. The maximum absolute atomic E-state index is 12.6. The van der Waals surface area contributed by atoms with Gasteiger partial charge in [-0.05, 0) is 30.6 Å².